The summed E-state index contributed by atoms with van der Waals surface area (Å²) in [6.07, 6.45) is 5.78. The van der Waals surface area contributed by atoms with Crippen molar-refractivity contribution in [2.75, 3.05) is 6.66 Å². The van der Waals surface area contributed by atoms with Gasteiger partial charge in [0.2, 0.25) is 0 Å². The molecule has 90 valence electrons. The van der Waals surface area contributed by atoms with E-state index in [-0.39, 0.29) is 0 Å². The summed E-state index contributed by atoms with van der Waals surface area (Å²) in [4.78, 5) is 0. The van der Waals surface area contributed by atoms with Crippen LogP contribution < -0.4 is 0 Å². The van der Waals surface area contributed by atoms with Crippen LogP contribution in [0.3, 0.4) is 0 Å². The second kappa shape index (κ2) is 9.60. The van der Waals surface area contributed by atoms with Crippen LogP contribution in [0, 0.1) is 11.8 Å². The van der Waals surface area contributed by atoms with Gasteiger partial charge in [0.1, 0.15) is 0 Å². The summed E-state index contributed by atoms with van der Waals surface area (Å²) in [5.74, 6) is 1.46. The zero-order valence-corrected chi connectivity index (χ0v) is 12.1. The van der Waals surface area contributed by atoms with E-state index >= 15 is 0 Å². The molecule has 0 saturated heterocycles. The van der Waals surface area contributed by atoms with Crippen molar-refractivity contribution < 1.29 is 0 Å². The molecule has 0 amide bonds. The molecular weight excluding hydrogens is 211 g/mol. The van der Waals surface area contributed by atoms with E-state index < -0.39 is 0 Å². The van der Waals surface area contributed by atoms with Gasteiger partial charge in [0.05, 0.1) is 0 Å². The van der Waals surface area contributed by atoms with Gasteiger partial charge in [0.15, 0.2) is 0 Å². The molecule has 0 fully saturated rings. The molecule has 0 heterocycles. The van der Waals surface area contributed by atoms with Gasteiger partial charge >= 0.3 is 0 Å². The summed E-state index contributed by atoms with van der Waals surface area (Å²) in [6, 6.07) is 10.5. The van der Waals surface area contributed by atoms with E-state index in [0.29, 0.717) is 5.92 Å². The number of benzene rings is 1. The third-order valence-corrected chi connectivity index (χ3v) is 2.26. The van der Waals surface area contributed by atoms with Crippen LogP contribution in [0.15, 0.2) is 36.4 Å². The Morgan fingerprint density at radius 1 is 1.06 bits per heavy atom. The van der Waals surface area contributed by atoms with Crippen molar-refractivity contribution in [2.45, 2.75) is 27.2 Å². The van der Waals surface area contributed by atoms with Crippen molar-refractivity contribution in [1.82, 2.24) is 0 Å². The first-order chi connectivity index (χ1) is 7.68. The molecule has 1 aromatic carbocycles. The monoisotopic (exact) mass is 236 g/mol. The van der Waals surface area contributed by atoms with Crippen LogP contribution in [0.1, 0.15) is 32.8 Å². The predicted molar refractivity (Wildman–Crippen MR) is 79.7 cm³/mol. The largest absolute Gasteiger partial charge is 0.141 e. The van der Waals surface area contributed by atoms with E-state index in [2.05, 4.69) is 72.5 Å². The molecule has 0 bridgehead atoms. The van der Waals surface area contributed by atoms with E-state index in [9.17, 15) is 0 Å². The molecule has 0 saturated carbocycles. The second-order valence-corrected chi connectivity index (χ2v) is 4.38. The predicted octanol–water partition coefficient (Wildman–Crippen LogP) is 4.87. The highest BCUT2D eigenvalue weighted by Gasteiger charge is 1.99. The van der Waals surface area contributed by atoms with Gasteiger partial charge < -0.3 is 0 Å². The Bertz CT molecular complexity index is 275. The van der Waals surface area contributed by atoms with Crippen LogP contribution in [0.2, 0.25) is 0 Å². The molecule has 2 atom stereocenters. The Hall–Kier alpha value is -0.610. The van der Waals surface area contributed by atoms with Gasteiger partial charge in [-0.2, -0.15) is 0 Å². The zero-order valence-electron chi connectivity index (χ0n) is 11.0. The summed E-state index contributed by atoms with van der Waals surface area (Å²) in [7, 11) is 2.42. The molecule has 0 aliphatic rings. The number of hydrogen-bond acceptors (Lipinski definition) is 0. The van der Waals surface area contributed by atoms with Crippen molar-refractivity contribution in [3.63, 3.8) is 0 Å². The molecule has 1 aromatic rings. The zero-order chi connectivity index (χ0) is 12.4. The van der Waals surface area contributed by atoms with Gasteiger partial charge in [-0.3, -0.25) is 0 Å². The number of hydrogen-bond donors (Lipinski definition) is 0. The van der Waals surface area contributed by atoms with E-state index in [4.69, 9.17) is 0 Å². The number of allylic oxidation sites excluding steroid dienone is 1. The quantitative estimate of drug-likeness (QED) is 0.654. The topological polar surface area (TPSA) is 0 Å². The highest BCUT2D eigenvalue weighted by Crippen LogP contribution is 2.13. The summed E-state index contributed by atoms with van der Waals surface area (Å²) in [5, 5.41) is 0. The lowest BCUT2D eigenvalue weighted by Gasteiger charge is -2.08. The van der Waals surface area contributed by atoms with E-state index in [1.165, 1.54) is 12.0 Å². The summed E-state index contributed by atoms with van der Waals surface area (Å²) in [5.41, 5.74) is 1.29. The van der Waals surface area contributed by atoms with Gasteiger partial charge in [0, 0.05) is 0 Å². The molecule has 0 aromatic heterocycles. The fraction of sp³-hybridized carbons (Fsp3) is 0.467. The fourth-order valence-electron chi connectivity index (χ4n) is 1.66. The van der Waals surface area contributed by atoms with Crippen LogP contribution in [-0.2, 0) is 0 Å². The maximum atomic E-state index is 2.42. The minimum atomic E-state index is 0.676. The minimum Gasteiger partial charge on any atom is -0.141 e. The molecule has 0 radical (unpaired) electrons. The lowest BCUT2D eigenvalue weighted by atomic mass is 9.98. The highest BCUT2D eigenvalue weighted by molar-refractivity contribution is 7.15. The fourth-order valence-corrected chi connectivity index (χ4v) is 1.66. The first-order valence-corrected chi connectivity index (χ1v) is 7.15. The van der Waals surface area contributed by atoms with E-state index in [0.717, 1.165) is 5.92 Å². The van der Waals surface area contributed by atoms with Crippen LogP contribution >= 0.6 is 9.24 Å². The second-order valence-electron chi connectivity index (χ2n) is 4.38. The Morgan fingerprint density at radius 2 is 1.62 bits per heavy atom. The average molecular weight is 236 g/mol. The highest BCUT2D eigenvalue weighted by atomic mass is 31.0. The van der Waals surface area contributed by atoms with Crippen LogP contribution in [-0.4, -0.2) is 6.66 Å². The van der Waals surface area contributed by atoms with Gasteiger partial charge in [-0.1, -0.05) is 69.9 Å². The Morgan fingerprint density at radius 3 is 2.12 bits per heavy atom. The Kier molecular flexibility index (Phi) is 9.24. The lowest BCUT2D eigenvalue weighted by molar-refractivity contribution is 0.504. The maximum Gasteiger partial charge on any atom is -0.0256 e. The van der Waals surface area contributed by atoms with Crippen molar-refractivity contribution in [3.8, 4) is 0 Å². The molecular formula is C15H25P. The van der Waals surface area contributed by atoms with E-state index in [1.54, 1.807) is 0 Å². The normalized spacial score (nSPS) is 12.4. The molecule has 0 aliphatic heterocycles. The van der Waals surface area contributed by atoms with Gasteiger partial charge in [-0.15, -0.1) is 9.24 Å². The molecule has 2 unspecified atom stereocenters. The maximum absolute atomic E-state index is 2.42. The summed E-state index contributed by atoms with van der Waals surface area (Å²) >= 11 is 0. The molecule has 0 spiro atoms. The Balaban J connectivity index is 0.00000106. The van der Waals surface area contributed by atoms with Crippen LogP contribution in [0.25, 0.3) is 6.08 Å². The standard InChI is InChI=1S/C14H20.CH5P/c1-12(2)11-13(3)9-10-14-7-5-4-6-8-14;1-2/h4-10,12-13H,11H2,1-3H3;2H2,1H3. The van der Waals surface area contributed by atoms with Gasteiger partial charge in [-0.05, 0) is 23.8 Å². The lowest BCUT2D eigenvalue weighted by Crippen LogP contribution is -1.95. The Labute approximate surface area is 103 Å². The molecule has 0 nitrogen and oxygen atoms in total. The third kappa shape index (κ3) is 7.65. The first kappa shape index (κ1) is 15.4. The van der Waals surface area contributed by atoms with Crippen molar-refractivity contribution in [1.29, 1.82) is 0 Å². The molecule has 1 rings (SSSR count). The minimum absolute atomic E-state index is 0.676. The smallest absolute Gasteiger partial charge is 0.0256 e. The summed E-state index contributed by atoms with van der Waals surface area (Å²) < 4.78 is 0. The van der Waals surface area contributed by atoms with Crippen molar-refractivity contribution in [2.24, 2.45) is 11.8 Å². The van der Waals surface area contributed by atoms with Crippen LogP contribution in [0.5, 0.6) is 0 Å². The van der Waals surface area contributed by atoms with Gasteiger partial charge in [0.25, 0.3) is 0 Å². The van der Waals surface area contributed by atoms with E-state index in [1.807, 2.05) is 6.66 Å². The average Bonchev–Trinajstić information content (AvgIpc) is 2.30. The molecule has 0 aliphatic carbocycles. The van der Waals surface area contributed by atoms with Crippen molar-refractivity contribution in [3.05, 3.63) is 42.0 Å². The third-order valence-electron chi connectivity index (χ3n) is 2.26. The van der Waals surface area contributed by atoms with Crippen molar-refractivity contribution >= 4 is 15.3 Å². The SMILES string of the molecule is CC(C)CC(C)C=Cc1ccccc1.CP. The van der Waals surface area contributed by atoms with Crippen LogP contribution in [0.4, 0.5) is 0 Å². The summed E-state index contributed by atoms with van der Waals surface area (Å²) in [6.45, 7) is 8.74. The molecule has 1 heteroatoms. The molecule has 16 heavy (non-hydrogen) atoms. The van der Waals surface area contributed by atoms with Gasteiger partial charge in [-0.25, -0.2) is 0 Å². The first-order valence-electron chi connectivity index (χ1n) is 5.99. The number of rotatable bonds is 4. The molecule has 0 N–H and O–H groups in total.